The fourth-order valence-corrected chi connectivity index (χ4v) is 3.42. The molecule has 4 heteroatoms. The standard InChI is InChI=1S/C14H24N4/c1-13-10-16-18(11-13)9-8-17-7-4-14(12-17)2-5-15-6-3-14/h10-11,15H,2-9,12H2,1H3. The summed E-state index contributed by atoms with van der Waals surface area (Å²) in [4.78, 5) is 2.63. The number of hydrogen-bond donors (Lipinski definition) is 1. The topological polar surface area (TPSA) is 33.1 Å². The molecule has 2 saturated heterocycles. The second-order valence-corrected chi connectivity index (χ2v) is 6.06. The Morgan fingerprint density at radius 3 is 2.83 bits per heavy atom. The molecular formula is C14H24N4. The van der Waals surface area contributed by atoms with Crippen molar-refractivity contribution >= 4 is 0 Å². The molecule has 18 heavy (non-hydrogen) atoms. The minimum Gasteiger partial charge on any atom is -0.317 e. The lowest BCUT2D eigenvalue weighted by Crippen LogP contribution is -2.39. The van der Waals surface area contributed by atoms with Crippen molar-refractivity contribution in [3.05, 3.63) is 18.0 Å². The van der Waals surface area contributed by atoms with Crippen molar-refractivity contribution in [1.82, 2.24) is 20.0 Å². The van der Waals surface area contributed by atoms with E-state index in [0.29, 0.717) is 5.41 Å². The Labute approximate surface area is 109 Å². The SMILES string of the molecule is Cc1cnn(CCN2CCC3(CCNCC3)C2)c1. The molecule has 2 aliphatic heterocycles. The Morgan fingerprint density at radius 2 is 2.11 bits per heavy atom. The van der Waals surface area contributed by atoms with Gasteiger partial charge in [0.1, 0.15) is 0 Å². The molecule has 2 fully saturated rings. The normalized spacial score (nSPS) is 23.8. The summed E-state index contributed by atoms with van der Waals surface area (Å²) in [6.07, 6.45) is 8.20. The molecule has 4 nitrogen and oxygen atoms in total. The lowest BCUT2D eigenvalue weighted by Gasteiger charge is -2.33. The quantitative estimate of drug-likeness (QED) is 0.874. The van der Waals surface area contributed by atoms with Crippen LogP contribution in [0, 0.1) is 12.3 Å². The number of rotatable bonds is 3. The summed E-state index contributed by atoms with van der Waals surface area (Å²) in [6, 6.07) is 0. The molecule has 0 bridgehead atoms. The predicted octanol–water partition coefficient (Wildman–Crippen LogP) is 1.27. The maximum Gasteiger partial charge on any atom is 0.0536 e. The van der Waals surface area contributed by atoms with E-state index in [4.69, 9.17) is 0 Å². The number of likely N-dealkylation sites (tertiary alicyclic amines) is 1. The van der Waals surface area contributed by atoms with Crippen LogP contribution < -0.4 is 5.32 Å². The first-order valence-corrected chi connectivity index (χ1v) is 7.18. The van der Waals surface area contributed by atoms with Crippen molar-refractivity contribution in [3.8, 4) is 0 Å². The molecule has 3 heterocycles. The van der Waals surface area contributed by atoms with Crippen LogP contribution in [0.2, 0.25) is 0 Å². The van der Waals surface area contributed by atoms with Gasteiger partial charge in [0.25, 0.3) is 0 Å². The molecule has 0 saturated carbocycles. The van der Waals surface area contributed by atoms with Gasteiger partial charge in [0.05, 0.1) is 12.7 Å². The van der Waals surface area contributed by atoms with E-state index in [0.717, 1.165) is 13.1 Å². The Hall–Kier alpha value is -0.870. The third-order valence-corrected chi connectivity index (χ3v) is 4.59. The molecule has 0 unspecified atom stereocenters. The van der Waals surface area contributed by atoms with Gasteiger partial charge in [0.15, 0.2) is 0 Å². The maximum atomic E-state index is 4.36. The van der Waals surface area contributed by atoms with Crippen molar-refractivity contribution in [2.24, 2.45) is 5.41 Å². The summed E-state index contributed by atoms with van der Waals surface area (Å²) in [5.74, 6) is 0. The zero-order chi connectivity index (χ0) is 12.4. The Balaban J connectivity index is 1.50. The fraction of sp³-hybridized carbons (Fsp3) is 0.786. The minimum absolute atomic E-state index is 0.630. The van der Waals surface area contributed by atoms with E-state index in [9.17, 15) is 0 Å². The highest BCUT2D eigenvalue weighted by molar-refractivity contribution is 4.99. The molecule has 0 aromatic carbocycles. The average molecular weight is 248 g/mol. The Morgan fingerprint density at radius 1 is 1.28 bits per heavy atom. The number of piperidine rings is 1. The molecule has 1 aromatic heterocycles. The first-order chi connectivity index (χ1) is 8.76. The van der Waals surface area contributed by atoms with E-state index in [2.05, 4.69) is 33.1 Å². The Bertz CT molecular complexity index is 392. The first kappa shape index (κ1) is 12.2. The van der Waals surface area contributed by atoms with Crippen molar-refractivity contribution in [1.29, 1.82) is 0 Å². The molecule has 0 amide bonds. The summed E-state index contributed by atoms with van der Waals surface area (Å²) >= 11 is 0. The molecule has 0 atom stereocenters. The molecule has 1 aromatic rings. The van der Waals surface area contributed by atoms with Crippen LogP contribution in [-0.2, 0) is 6.54 Å². The number of nitrogens with zero attached hydrogens (tertiary/aromatic N) is 3. The van der Waals surface area contributed by atoms with Crippen LogP contribution >= 0.6 is 0 Å². The highest BCUT2D eigenvalue weighted by Crippen LogP contribution is 2.38. The van der Waals surface area contributed by atoms with E-state index >= 15 is 0 Å². The number of aromatic nitrogens is 2. The van der Waals surface area contributed by atoms with Crippen LogP contribution in [0.5, 0.6) is 0 Å². The molecule has 1 N–H and O–H groups in total. The van der Waals surface area contributed by atoms with Crippen LogP contribution in [0.15, 0.2) is 12.4 Å². The van der Waals surface area contributed by atoms with Gasteiger partial charge in [-0.1, -0.05) is 0 Å². The van der Waals surface area contributed by atoms with E-state index in [1.54, 1.807) is 0 Å². The highest BCUT2D eigenvalue weighted by atomic mass is 15.3. The van der Waals surface area contributed by atoms with Crippen molar-refractivity contribution in [2.75, 3.05) is 32.7 Å². The summed E-state index contributed by atoms with van der Waals surface area (Å²) in [7, 11) is 0. The van der Waals surface area contributed by atoms with E-state index < -0.39 is 0 Å². The van der Waals surface area contributed by atoms with E-state index in [1.807, 2.05) is 6.20 Å². The highest BCUT2D eigenvalue weighted by Gasteiger charge is 2.38. The van der Waals surface area contributed by atoms with Gasteiger partial charge in [-0.05, 0) is 56.8 Å². The summed E-state index contributed by atoms with van der Waals surface area (Å²) in [5, 5.41) is 7.84. The predicted molar refractivity (Wildman–Crippen MR) is 72.6 cm³/mol. The maximum absolute atomic E-state index is 4.36. The molecule has 1 spiro atoms. The summed E-state index contributed by atoms with van der Waals surface area (Å²) in [5.41, 5.74) is 1.89. The van der Waals surface area contributed by atoms with Gasteiger partial charge in [-0.15, -0.1) is 0 Å². The summed E-state index contributed by atoms with van der Waals surface area (Å²) < 4.78 is 2.07. The van der Waals surface area contributed by atoms with Crippen LogP contribution in [0.1, 0.15) is 24.8 Å². The van der Waals surface area contributed by atoms with Gasteiger partial charge in [-0.25, -0.2) is 0 Å². The summed E-state index contributed by atoms with van der Waals surface area (Å²) in [6.45, 7) is 9.29. The van der Waals surface area contributed by atoms with Crippen LogP contribution in [0.25, 0.3) is 0 Å². The van der Waals surface area contributed by atoms with Gasteiger partial charge in [0.2, 0.25) is 0 Å². The second kappa shape index (κ2) is 5.02. The third kappa shape index (κ3) is 2.59. The monoisotopic (exact) mass is 248 g/mol. The molecule has 3 rings (SSSR count). The number of nitrogens with one attached hydrogen (secondary N) is 1. The smallest absolute Gasteiger partial charge is 0.0536 e. The fourth-order valence-electron chi connectivity index (χ4n) is 3.42. The molecule has 0 radical (unpaired) electrons. The van der Waals surface area contributed by atoms with Crippen LogP contribution in [0.4, 0.5) is 0 Å². The largest absolute Gasteiger partial charge is 0.317 e. The zero-order valence-corrected chi connectivity index (χ0v) is 11.4. The average Bonchev–Trinajstić information content (AvgIpc) is 2.96. The Kier molecular flexibility index (Phi) is 3.39. The van der Waals surface area contributed by atoms with Gasteiger partial charge in [-0.2, -0.15) is 5.10 Å². The van der Waals surface area contributed by atoms with Crippen LogP contribution in [0.3, 0.4) is 0 Å². The van der Waals surface area contributed by atoms with Crippen molar-refractivity contribution < 1.29 is 0 Å². The van der Waals surface area contributed by atoms with Crippen molar-refractivity contribution in [2.45, 2.75) is 32.7 Å². The zero-order valence-electron chi connectivity index (χ0n) is 11.4. The number of hydrogen-bond acceptors (Lipinski definition) is 3. The van der Waals surface area contributed by atoms with Crippen molar-refractivity contribution in [3.63, 3.8) is 0 Å². The third-order valence-electron chi connectivity index (χ3n) is 4.59. The number of aryl methyl sites for hydroxylation is 1. The molecular weight excluding hydrogens is 224 g/mol. The van der Waals surface area contributed by atoms with E-state index in [1.165, 1.54) is 51.0 Å². The lowest BCUT2D eigenvalue weighted by atomic mass is 9.78. The van der Waals surface area contributed by atoms with Gasteiger partial charge < -0.3 is 10.2 Å². The van der Waals surface area contributed by atoms with E-state index in [-0.39, 0.29) is 0 Å². The first-order valence-electron chi connectivity index (χ1n) is 7.18. The molecule has 2 aliphatic rings. The molecule has 0 aliphatic carbocycles. The minimum atomic E-state index is 0.630. The lowest BCUT2D eigenvalue weighted by molar-refractivity contribution is 0.193. The molecule has 100 valence electrons. The van der Waals surface area contributed by atoms with Gasteiger partial charge in [-0.3, -0.25) is 4.68 Å². The van der Waals surface area contributed by atoms with Gasteiger partial charge in [0, 0.05) is 19.3 Å². The van der Waals surface area contributed by atoms with Gasteiger partial charge >= 0.3 is 0 Å². The van der Waals surface area contributed by atoms with Crippen LogP contribution in [-0.4, -0.2) is 47.4 Å². The second-order valence-electron chi connectivity index (χ2n) is 6.06.